The summed E-state index contributed by atoms with van der Waals surface area (Å²) in [5.41, 5.74) is -5.91. The minimum atomic E-state index is -5.93. The second kappa shape index (κ2) is 5.22. The number of aromatic hydroxyl groups is 1. The summed E-state index contributed by atoms with van der Waals surface area (Å²) < 4.78 is 119. The van der Waals surface area contributed by atoms with Gasteiger partial charge >= 0.3 is 18.3 Å². The molecule has 2 saturated carbocycles. The fourth-order valence-corrected chi connectivity index (χ4v) is 3.58. The number of phenols is 1. The lowest BCUT2D eigenvalue weighted by Gasteiger charge is -2.30. The zero-order valence-electron chi connectivity index (χ0n) is 13.0. The van der Waals surface area contributed by atoms with Crippen LogP contribution in [0.5, 0.6) is 5.75 Å². The van der Waals surface area contributed by atoms with Gasteiger partial charge in [0, 0.05) is 22.6 Å². The number of alkyl halides is 8. The quantitative estimate of drug-likeness (QED) is 0.648. The molecule has 0 amide bonds. The molecule has 10 heteroatoms. The number of benzene rings is 1. The van der Waals surface area contributed by atoms with Crippen LogP contribution in [0.1, 0.15) is 43.2 Å². The van der Waals surface area contributed by atoms with Crippen LogP contribution in [0.15, 0.2) is 12.1 Å². The highest BCUT2D eigenvalue weighted by molar-refractivity contribution is 5.50. The Hall–Kier alpha value is -1.61. The van der Waals surface area contributed by atoms with Crippen LogP contribution in [0.4, 0.5) is 39.5 Å². The van der Waals surface area contributed by atoms with E-state index in [1.807, 2.05) is 0 Å². The van der Waals surface area contributed by atoms with E-state index in [4.69, 9.17) is 0 Å². The lowest BCUT2D eigenvalue weighted by atomic mass is 9.83. The molecule has 0 saturated heterocycles. The van der Waals surface area contributed by atoms with Gasteiger partial charge in [-0.1, -0.05) is 0 Å². The molecule has 1 N–H and O–H groups in total. The SMILES string of the molecule is Oc1cc(F)c(C2(C(F)(F)C(F)(F)F)CC2)cc1C1(CC(F)(F)F)CC1. The maximum atomic E-state index is 14.1. The van der Waals surface area contributed by atoms with Crippen molar-refractivity contribution in [3.63, 3.8) is 0 Å². The van der Waals surface area contributed by atoms with E-state index >= 15 is 0 Å². The Labute approximate surface area is 141 Å². The fourth-order valence-electron chi connectivity index (χ4n) is 3.58. The van der Waals surface area contributed by atoms with E-state index in [-0.39, 0.29) is 12.8 Å². The summed E-state index contributed by atoms with van der Waals surface area (Å²) in [6.45, 7) is 0. The Balaban J connectivity index is 2.09. The van der Waals surface area contributed by atoms with Gasteiger partial charge in [-0.25, -0.2) is 4.39 Å². The van der Waals surface area contributed by atoms with E-state index in [1.54, 1.807) is 0 Å². The van der Waals surface area contributed by atoms with Crippen molar-refractivity contribution in [2.45, 2.75) is 61.2 Å². The Morgan fingerprint density at radius 1 is 0.846 bits per heavy atom. The van der Waals surface area contributed by atoms with Crippen molar-refractivity contribution in [2.24, 2.45) is 0 Å². The van der Waals surface area contributed by atoms with E-state index in [1.165, 1.54) is 0 Å². The van der Waals surface area contributed by atoms with Crippen molar-refractivity contribution in [3.05, 3.63) is 29.1 Å². The van der Waals surface area contributed by atoms with Crippen LogP contribution in [-0.4, -0.2) is 23.4 Å². The normalized spacial score (nSPS) is 21.6. The zero-order valence-corrected chi connectivity index (χ0v) is 13.0. The summed E-state index contributed by atoms with van der Waals surface area (Å²) >= 11 is 0. The third kappa shape index (κ3) is 2.81. The molecule has 0 heterocycles. The molecule has 1 aromatic carbocycles. The molecule has 0 atom stereocenters. The number of halogens is 9. The number of rotatable bonds is 4. The summed E-state index contributed by atoms with van der Waals surface area (Å²) in [6, 6.07) is 0.893. The van der Waals surface area contributed by atoms with Gasteiger partial charge in [0.1, 0.15) is 11.6 Å². The monoisotopic (exact) mass is 392 g/mol. The van der Waals surface area contributed by atoms with E-state index in [0.29, 0.717) is 12.1 Å². The van der Waals surface area contributed by atoms with E-state index in [2.05, 4.69) is 0 Å². The molecule has 0 aromatic heterocycles. The van der Waals surface area contributed by atoms with Gasteiger partial charge in [-0.05, 0) is 31.7 Å². The molecule has 2 fully saturated rings. The molecule has 0 bridgehead atoms. The van der Waals surface area contributed by atoms with Crippen LogP contribution in [0.2, 0.25) is 0 Å². The standard InChI is InChI=1S/C16H13F9O/c17-10-6-11(26)9(12(1-2-12)7-14(18,19)20)5-8(10)13(3-4-13)15(21,22)16(23,24)25/h5-6,26H,1-4,7H2. The molecule has 2 aliphatic rings. The summed E-state index contributed by atoms with van der Waals surface area (Å²) in [7, 11) is 0. The lowest BCUT2D eigenvalue weighted by molar-refractivity contribution is -0.296. The molecule has 0 spiro atoms. The molecule has 0 radical (unpaired) electrons. The molecule has 1 nitrogen and oxygen atoms in total. The van der Waals surface area contributed by atoms with Crippen LogP contribution in [0.3, 0.4) is 0 Å². The molecule has 1 aromatic rings. The predicted octanol–water partition coefficient (Wildman–Crippen LogP) is 5.74. The predicted molar refractivity (Wildman–Crippen MR) is 71.6 cm³/mol. The maximum absolute atomic E-state index is 14.1. The smallest absolute Gasteiger partial charge is 0.454 e. The van der Waals surface area contributed by atoms with Crippen molar-refractivity contribution in [2.75, 3.05) is 0 Å². The second-order valence-electron chi connectivity index (χ2n) is 7.08. The highest BCUT2D eigenvalue weighted by Crippen LogP contribution is 2.65. The first-order chi connectivity index (χ1) is 11.7. The molecule has 0 aliphatic heterocycles. The number of hydrogen-bond donors (Lipinski definition) is 1. The van der Waals surface area contributed by atoms with Gasteiger partial charge in [0.05, 0.1) is 11.8 Å². The molecule has 2 aliphatic carbocycles. The average molecular weight is 392 g/mol. The molecule has 0 unspecified atom stereocenters. The van der Waals surface area contributed by atoms with Crippen LogP contribution < -0.4 is 0 Å². The maximum Gasteiger partial charge on any atom is 0.454 e. The van der Waals surface area contributed by atoms with Gasteiger partial charge in [-0.2, -0.15) is 35.1 Å². The third-order valence-corrected chi connectivity index (χ3v) is 5.27. The first-order valence-electron chi connectivity index (χ1n) is 7.70. The third-order valence-electron chi connectivity index (χ3n) is 5.27. The van der Waals surface area contributed by atoms with Gasteiger partial charge in [0.15, 0.2) is 0 Å². The van der Waals surface area contributed by atoms with Gasteiger partial charge in [-0.15, -0.1) is 0 Å². The Morgan fingerprint density at radius 2 is 1.38 bits per heavy atom. The summed E-state index contributed by atoms with van der Waals surface area (Å²) in [4.78, 5) is 0. The Kier molecular flexibility index (Phi) is 3.85. The van der Waals surface area contributed by atoms with Crippen LogP contribution in [0, 0.1) is 5.82 Å². The summed E-state index contributed by atoms with van der Waals surface area (Å²) in [6.07, 6.45) is -13.3. The molecule has 3 rings (SSSR count). The van der Waals surface area contributed by atoms with Gasteiger partial charge in [0.25, 0.3) is 0 Å². The number of hydrogen-bond acceptors (Lipinski definition) is 1. The zero-order chi connectivity index (χ0) is 19.8. The van der Waals surface area contributed by atoms with Crippen LogP contribution >= 0.6 is 0 Å². The Morgan fingerprint density at radius 3 is 1.77 bits per heavy atom. The van der Waals surface area contributed by atoms with Crippen molar-refractivity contribution in [3.8, 4) is 5.75 Å². The highest BCUT2D eigenvalue weighted by atomic mass is 19.4. The average Bonchev–Trinajstić information content (AvgIpc) is 3.31. The largest absolute Gasteiger partial charge is 0.508 e. The van der Waals surface area contributed by atoms with E-state index in [0.717, 1.165) is 0 Å². The Bertz CT molecular complexity index is 724. The highest BCUT2D eigenvalue weighted by Gasteiger charge is 2.76. The molecule has 146 valence electrons. The van der Waals surface area contributed by atoms with Crippen LogP contribution in [-0.2, 0) is 10.8 Å². The van der Waals surface area contributed by atoms with Gasteiger partial charge in [-0.3, -0.25) is 0 Å². The van der Waals surface area contributed by atoms with Crippen molar-refractivity contribution >= 4 is 0 Å². The number of phenolic OH excluding ortho intramolecular Hbond substituents is 1. The van der Waals surface area contributed by atoms with E-state index < -0.39 is 71.1 Å². The molecule has 26 heavy (non-hydrogen) atoms. The van der Waals surface area contributed by atoms with Crippen molar-refractivity contribution in [1.29, 1.82) is 0 Å². The second-order valence-corrected chi connectivity index (χ2v) is 7.08. The topological polar surface area (TPSA) is 20.2 Å². The first kappa shape index (κ1) is 19.2. The fraction of sp³-hybridized carbons (Fsp3) is 0.625. The lowest BCUT2D eigenvalue weighted by Crippen LogP contribution is -2.47. The van der Waals surface area contributed by atoms with Gasteiger partial charge in [0.2, 0.25) is 0 Å². The van der Waals surface area contributed by atoms with Gasteiger partial charge < -0.3 is 5.11 Å². The molecular formula is C16H13F9O. The minimum Gasteiger partial charge on any atom is -0.508 e. The summed E-state index contributed by atoms with van der Waals surface area (Å²) in [5, 5.41) is 9.82. The first-order valence-corrected chi connectivity index (χ1v) is 7.70. The van der Waals surface area contributed by atoms with Crippen molar-refractivity contribution in [1.82, 2.24) is 0 Å². The van der Waals surface area contributed by atoms with Crippen molar-refractivity contribution < 1.29 is 44.6 Å². The summed E-state index contributed by atoms with van der Waals surface area (Å²) in [5.74, 6) is -7.61. The molecular weight excluding hydrogens is 379 g/mol. The van der Waals surface area contributed by atoms with E-state index in [9.17, 15) is 44.6 Å². The van der Waals surface area contributed by atoms with Crippen LogP contribution in [0.25, 0.3) is 0 Å². The minimum absolute atomic E-state index is 0.0339.